The largest absolute Gasteiger partial charge is 0.497 e. The van der Waals surface area contributed by atoms with Crippen LogP contribution in [-0.4, -0.2) is 27.8 Å². The number of fused-ring (bicyclic) bond motifs is 1. The molecule has 0 saturated heterocycles. The quantitative estimate of drug-likeness (QED) is 0.618. The predicted octanol–water partition coefficient (Wildman–Crippen LogP) is 4.71. The molecule has 156 valence electrons. The second kappa shape index (κ2) is 8.30. The second-order valence-electron chi connectivity index (χ2n) is 8.32. The van der Waals surface area contributed by atoms with Gasteiger partial charge in [-0.1, -0.05) is 55.8 Å². The number of hydrogen-bond donors (Lipinski definition) is 0. The molecule has 1 aliphatic rings. The average Bonchev–Trinajstić information content (AvgIpc) is 3.22. The monoisotopic (exact) mass is 404 g/mol. The first kappa shape index (κ1) is 20.1. The van der Waals surface area contributed by atoms with Crippen LogP contribution in [-0.2, 0) is 4.79 Å². The predicted molar refractivity (Wildman–Crippen MR) is 117 cm³/mol. The van der Waals surface area contributed by atoms with Gasteiger partial charge in [-0.25, -0.2) is 4.68 Å². The molecule has 6 nitrogen and oxygen atoms in total. The van der Waals surface area contributed by atoms with Crippen LogP contribution in [0.1, 0.15) is 55.5 Å². The van der Waals surface area contributed by atoms with Crippen LogP contribution in [0.5, 0.6) is 5.75 Å². The Labute approximate surface area is 177 Å². The molecule has 0 fully saturated rings. The third-order valence-corrected chi connectivity index (χ3v) is 5.64. The third kappa shape index (κ3) is 3.82. The molecule has 0 radical (unpaired) electrons. The Bertz CT molecular complexity index is 1010. The summed E-state index contributed by atoms with van der Waals surface area (Å²) in [6, 6.07) is 16.4. The lowest BCUT2D eigenvalue weighted by Gasteiger charge is -2.39. The van der Waals surface area contributed by atoms with Gasteiger partial charge in [-0.3, -0.25) is 9.69 Å². The molecule has 0 N–H and O–H groups in total. The molecule has 1 aromatic heterocycles. The van der Waals surface area contributed by atoms with E-state index in [0.29, 0.717) is 12.4 Å². The SMILES string of the molecule is COc1ccc([C@@H]2C[C@H](c3ccc(C)cc3)N(C(=O)CC(C)C)c3ncnn32)cc1. The Morgan fingerprint density at radius 3 is 2.33 bits per heavy atom. The minimum Gasteiger partial charge on any atom is -0.497 e. The van der Waals surface area contributed by atoms with Crippen LogP contribution in [0.25, 0.3) is 0 Å². The van der Waals surface area contributed by atoms with E-state index < -0.39 is 0 Å². The van der Waals surface area contributed by atoms with Crippen molar-refractivity contribution in [2.45, 2.75) is 45.7 Å². The van der Waals surface area contributed by atoms with Gasteiger partial charge in [0.25, 0.3) is 0 Å². The van der Waals surface area contributed by atoms with Crippen LogP contribution >= 0.6 is 0 Å². The number of methoxy groups -OCH3 is 1. The van der Waals surface area contributed by atoms with Crippen molar-refractivity contribution < 1.29 is 9.53 Å². The van der Waals surface area contributed by atoms with Crippen LogP contribution in [0.3, 0.4) is 0 Å². The van der Waals surface area contributed by atoms with Crippen LogP contribution in [0, 0.1) is 12.8 Å². The topological polar surface area (TPSA) is 60.2 Å². The Balaban J connectivity index is 1.79. The van der Waals surface area contributed by atoms with Crippen LogP contribution < -0.4 is 9.64 Å². The van der Waals surface area contributed by atoms with E-state index >= 15 is 0 Å². The van der Waals surface area contributed by atoms with Gasteiger partial charge in [-0.05, 0) is 42.5 Å². The highest BCUT2D eigenvalue weighted by atomic mass is 16.5. The van der Waals surface area contributed by atoms with E-state index in [-0.39, 0.29) is 23.9 Å². The fourth-order valence-electron chi connectivity index (χ4n) is 4.10. The highest BCUT2D eigenvalue weighted by molar-refractivity contribution is 5.93. The first-order valence-electron chi connectivity index (χ1n) is 10.4. The lowest BCUT2D eigenvalue weighted by atomic mass is 9.91. The molecule has 1 amide bonds. The molecular weight excluding hydrogens is 376 g/mol. The number of anilines is 1. The fourth-order valence-corrected chi connectivity index (χ4v) is 4.10. The Morgan fingerprint density at radius 2 is 1.70 bits per heavy atom. The van der Waals surface area contributed by atoms with Crippen LogP contribution in [0.4, 0.5) is 5.95 Å². The zero-order valence-electron chi connectivity index (χ0n) is 17.9. The number of amides is 1. The maximum Gasteiger partial charge on any atom is 0.231 e. The number of carbonyl (C=O) groups is 1. The van der Waals surface area contributed by atoms with Crippen molar-refractivity contribution in [3.05, 3.63) is 71.5 Å². The van der Waals surface area contributed by atoms with Gasteiger partial charge >= 0.3 is 0 Å². The van der Waals surface area contributed by atoms with Crippen LogP contribution in [0.15, 0.2) is 54.9 Å². The molecule has 0 aliphatic carbocycles. The average molecular weight is 405 g/mol. The molecule has 4 rings (SSSR count). The van der Waals surface area contributed by atoms with Gasteiger partial charge in [0.15, 0.2) is 0 Å². The second-order valence-corrected chi connectivity index (χ2v) is 8.32. The maximum atomic E-state index is 13.3. The molecule has 0 bridgehead atoms. The molecule has 3 aromatic rings. The molecule has 0 unspecified atom stereocenters. The highest BCUT2D eigenvalue weighted by Crippen LogP contribution is 2.42. The van der Waals surface area contributed by atoms with Gasteiger partial charge in [0.05, 0.1) is 19.2 Å². The lowest BCUT2D eigenvalue weighted by molar-refractivity contribution is -0.120. The summed E-state index contributed by atoms with van der Waals surface area (Å²) in [5.74, 6) is 1.78. The number of nitrogens with zero attached hydrogens (tertiary/aromatic N) is 4. The van der Waals surface area contributed by atoms with Gasteiger partial charge in [0.1, 0.15) is 12.1 Å². The van der Waals surface area contributed by atoms with Crippen LogP contribution in [0.2, 0.25) is 0 Å². The first-order valence-corrected chi connectivity index (χ1v) is 10.4. The molecule has 30 heavy (non-hydrogen) atoms. The van der Waals surface area contributed by atoms with E-state index in [1.165, 1.54) is 5.56 Å². The van der Waals surface area contributed by atoms with E-state index in [1.807, 2.05) is 21.7 Å². The summed E-state index contributed by atoms with van der Waals surface area (Å²) in [5, 5.41) is 4.49. The summed E-state index contributed by atoms with van der Waals surface area (Å²) < 4.78 is 7.19. The highest BCUT2D eigenvalue weighted by Gasteiger charge is 2.39. The molecular formula is C24H28N4O2. The Kier molecular flexibility index (Phi) is 5.57. The smallest absolute Gasteiger partial charge is 0.231 e. The maximum absolute atomic E-state index is 13.3. The fraction of sp³-hybridized carbons (Fsp3) is 0.375. The standard InChI is InChI=1S/C24H28N4O2/c1-16(2)13-23(29)27-21(18-7-5-17(3)6-8-18)14-22(28-24(27)25-15-26-28)19-9-11-20(30-4)12-10-19/h5-12,15-16,21-22H,13-14H2,1-4H3/t21-,22+/m1/s1. The summed E-state index contributed by atoms with van der Waals surface area (Å²) in [7, 11) is 1.66. The van der Waals surface area contributed by atoms with E-state index in [1.54, 1.807) is 13.4 Å². The van der Waals surface area contributed by atoms with Crippen molar-refractivity contribution in [2.75, 3.05) is 12.0 Å². The van der Waals surface area contributed by atoms with E-state index in [9.17, 15) is 4.79 Å². The van der Waals surface area contributed by atoms with Gasteiger partial charge in [-0.15, -0.1) is 0 Å². The number of aromatic nitrogens is 3. The molecule has 0 saturated carbocycles. The summed E-state index contributed by atoms with van der Waals surface area (Å²) >= 11 is 0. The van der Waals surface area contributed by atoms with Crippen molar-refractivity contribution in [2.24, 2.45) is 5.92 Å². The van der Waals surface area contributed by atoms with E-state index in [2.05, 4.69) is 67.3 Å². The first-order chi connectivity index (χ1) is 14.5. The van der Waals surface area contributed by atoms with E-state index in [4.69, 9.17) is 4.74 Å². The van der Waals surface area contributed by atoms with Crippen molar-refractivity contribution in [3.8, 4) is 5.75 Å². The molecule has 2 heterocycles. The number of benzene rings is 2. The normalized spacial score (nSPS) is 18.4. The molecule has 2 atom stereocenters. The molecule has 6 heteroatoms. The number of hydrogen-bond acceptors (Lipinski definition) is 4. The third-order valence-electron chi connectivity index (χ3n) is 5.64. The Morgan fingerprint density at radius 1 is 1.07 bits per heavy atom. The lowest BCUT2D eigenvalue weighted by Crippen LogP contribution is -2.43. The summed E-state index contributed by atoms with van der Waals surface area (Å²) in [4.78, 5) is 19.6. The molecule has 1 aliphatic heterocycles. The minimum atomic E-state index is -0.0966. The van der Waals surface area contributed by atoms with Gasteiger partial charge in [0, 0.05) is 6.42 Å². The summed E-state index contributed by atoms with van der Waals surface area (Å²) in [6.07, 6.45) is 2.75. The van der Waals surface area contributed by atoms with Gasteiger partial charge in [-0.2, -0.15) is 10.1 Å². The van der Waals surface area contributed by atoms with Crippen molar-refractivity contribution >= 4 is 11.9 Å². The summed E-state index contributed by atoms with van der Waals surface area (Å²) in [6.45, 7) is 6.20. The zero-order chi connectivity index (χ0) is 21.3. The molecule has 2 aromatic carbocycles. The van der Waals surface area contributed by atoms with Crippen molar-refractivity contribution in [3.63, 3.8) is 0 Å². The number of ether oxygens (including phenoxy) is 1. The van der Waals surface area contributed by atoms with Gasteiger partial charge in [0.2, 0.25) is 11.9 Å². The zero-order valence-corrected chi connectivity index (χ0v) is 17.9. The molecule has 0 spiro atoms. The van der Waals surface area contributed by atoms with Crippen molar-refractivity contribution in [1.82, 2.24) is 14.8 Å². The number of aryl methyl sites for hydroxylation is 1. The Hall–Kier alpha value is -3.15. The summed E-state index contributed by atoms with van der Waals surface area (Å²) in [5.41, 5.74) is 3.44. The minimum absolute atomic E-state index is 0.0113. The number of carbonyl (C=O) groups excluding carboxylic acids is 1. The number of rotatable bonds is 5. The van der Waals surface area contributed by atoms with Gasteiger partial charge < -0.3 is 4.74 Å². The van der Waals surface area contributed by atoms with Crippen molar-refractivity contribution in [1.29, 1.82) is 0 Å². The van der Waals surface area contributed by atoms with E-state index in [0.717, 1.165) is 23.3 Å².